The molecule has 1 heterocycles. The minimum atomic E-state index is 0.0360. The maximum Gasteiger partial charge on any atom is 0.159 e. The molecule has 4 nitrogen and oxygen atoms in total. The van der Waals surface area contributed by atoms with E-state index in [0.29, 0.717) is 18.2 Å². The first-order valence-electron chi connectivity index (χ1n) is 6.69. The molecule has 0 aliphatic carbocycles. The number of Topliss-reactive ketones (excluding diaryl/α,β-unsaturated/α-hetero) is 1. The highest BCUT2D eigenvalue weighted by molar-refractivity contribution is 5.94. The number of phenols is 1. The van der Waals surface area contributed by atoms with Gasteiger partial charge in [0.15, 0.2) is 5.78 Å². The summed E-state index contributed by atoms with van der Waals surface area (Å²) >= 11 is 0. The first-order valence-corrected chi connectivity index (χ1v) is 6.69. The van der Waals surface area contributed by atoms with Crippen LogP contribution in [0.5, 0.6) is 5.75 Å². The average molecular weight is 262 g/mol. The quantitative estimate of drug-likeness (QED) is 0.839. The van der Waals surface area contributed by atoms with Crippen molar-refractivity contribution in [3.05, 3.63) is 29.3 Å². The van der Waals surface area contributed by atoms with Gasteiger partial charge in [0.05, 0.1) is 0 Å². The number of hydrogen-bond donors (Lipinski definition) is 1. The molecule has 0 spiro atoms. The Bertz CT molecular complexity index is 471. The summed E-state index contributed by atoms with van der Waals surface area (Å²) in [6.45, 7) is 4.30. The van der Waals surface area contributed by atoms with E-state index >= 15 is 0 Å². The third-order valence-electron chi connectivity index (χ3n) is 3.86. The van der Waals surface area contributed by atoms with Crippen LogP contribution in [0.4, 0.5) is 0 Å². The number of likely N-dealkylation sites (N-methyl/N-ethyl adjacent to an activating group) is 1. The van der Waals surface area contributed by atoms with E-state index in [4.69, 9.17) is 0 Å². The number of likely N-dealkylation sites (tertiary alicyclic amines) is 1. The van der Waals surface area contributed by atoms with Gasteiger partial charge in [-0.25, -0.2) is 0 Å². The van der Waals surface area contributed by atoms with Crippen molar-refractivity contribution in [2.45, 2.75) is 25.9 Å². The van der Waals surface area contributed by atoms with Crippen LogP contribution in [0, 0.1) is 0 Å². The van der Waals surface area contributed by atoms with E-state index in [1.165, 1.54) is 0 Å². The second-order valence-electron chi connectivity index (χ2n) is 5.54. The van der Waals surface area contributed by atoms with E-state index in [2.05, 4.69) is 23.9 Å². The molecule has 19 heavy (non-hydrogen) atoms. The molecule has 1 aromatic rings. The average Bonchev–Trinajstić information content (AvgIpc) is 2.80. The van der Waals surface area contributed by atoms with Crippen LogP contribution < -0.4 is 0 Å². The lowest BCUT2D eigenvalue weighted by atomic mass is 10.1. The molecule has 0 aromatic heterocycles. The van der Waals surface area contributed by atoms with E-state index < -0.39 is 0 Å². The van der Waals surface area contributed by atoms with E-state index in [0.717, 1.165) is 25.1 Å². The van der Waals surface area contributed by atoms with E-state index in [9.17, 15) is 9.90 Å². The summed E-state index contributed by atoms with van der Waals surface area (Å²) in [5, 5.41) is 9.90. The van der Waals surface area contributed by atoms with Gasteiger partial charge in [-0.05, 0) is 45.6 Å². The standard InChI is InChI=1S/C15H22N2O2/c1-11(18)12-4-5-15(19)13(8-12)9-17-7-6-14(10-17)16(2)3/h4-5,8,14,19H,6-7,9-10H2,1-3H3. The molecular weight excluding hydrogens is 240 g/mol. The van der Waals surface area contributed by atoms with Crippen LogP contribution in [0.3, 0.4) is 0 Å². The fourth-order valence-electron chi connectivity index (χ4n) is 2.55. The fourth-order valence-corrected chi connectivity index (χ4v) is 2.55. The van der Waals surface area contributed by atoms with Gasteiger partial charge in [0.25, 0.3) is 0 Å². The molecule has 1 N–H and O–H groups in total. The monoisotopic (exact) mass is 262 g/mol. The molecule has 4 heteroatoms. The number of hydrogen-bond acceptors (Lipinski definition) is 4. The summed E-state index contributed by atoms with van der Waals surface area (Å²) in [5.74, 6) is 0.312. The molecule has 0 amide bonds. The van der Waals surface area contributed by atoms with Gasteiger partial charge in [-0.15, -0.1) is 0 Å². The Hall–Kier alpha value is -1.39. The van der Waals surface area contributed by atoms with E-state index in [1.807, 2.05) is 0 Å². The summed E-state index contributed by atoms with van der Waals surface area (Å²) in [6.07, 6.45) is 1.15. The molecular formula is C15H22N2O2. The van der Waals surface area contributed by atoms with Crippen molar-refractivity contribution in [2.75, 3.05) is 27.2 Å². The molecule has 1 aliphatic heterocycles. The Morgan fingerprint density at radius 2 is 2.21 bits per heavy atom. The predicted molar refractivity (Wildman–Crippen MR) is 75.5 cm³/mol. The summed E-state index contributed by atoms with van der Waals surface area (Å²) in [6, 6.07) is 5.68. The zero-order valence-corrected chi connectivity index (χ0v) is 11.9. The van der Waals surface area contributed by atoms with Crippen molar-refractivity contribution in [3.8, 4) is 5.75 Å². The van der Waals surface area contributed by atoms with Crippen molar-refractivity contribution in [3.63, 3.8) is 0 Å². The van der Waals surface area contributed by atoms with Crippen molar-refractivity contribution in [1.29, 1.82) is 0 Å². The zero-order chi connectivity index (χ0) is 14.0. The Labute approximate surface area is 114 Å². The minimum Gasteiger partial charge on any atom is -0.508 e. The van der Waals surface area contributed by atoms with Gasteiger partial charge in [-0.3, -0.25) is 9.69 Å². The molecule has 2 rings (SSSR count). The molecule has 0 radical (unpaired) electrons. The molecule has 0 saturated carbocycles. The number of rotatable bonds is 4. The largest absolute Gasteiger partial charge is 0.508 e. The van der Waals surface area contributed by atoms with E-state index in [-0.39, 0.29) is 11.5 Å². The number of phenolic OH excluding ortho intramolecular Hbond substituents is 1. The summed E-state index contributed by atoms with van der Waals surface area (Å²) in [4.78, 5) is 16.0. The van der Waals surface area contributed by atoms with Gasteiger partial charge in [0.2, 0.25) is 0 Å². The third kappa shape index (κ3) is 3.33. The number of ketones is 1. The van der Waals surface area contributed by atoms with Crippen molar-refractivity contribution >= 4 is 5.78 Å². The number of carbonyl (C=O) groups excluding carboxylic acids is 1. The molecule has 1 fully saturated rings. The minimum absolute atomic E-state index is 0.0360. The Morgan fingerprint density at radius 1 is 1.47 bits per heavy atom. The lowest BCUT2D eigenvalue weighted by Gasteiger charge is -2.20. The van der Waals surface area contributed by atoms with Gasteiger partial charge >= 0.3 is 0 Å². The number of benzene rings is 1. The molecule has 104 valence electrons. The topological polar surface area (TPSA) is 43.8 Å². The van der Waals surface area contributed by atoms with Crippen molar-refractivity contribution in [2.24, 2.45) is 0 Å². The SMILES string of the molecule is CC(=O)c1ccc(O)c(CN2CCC(N(C)C)C2)c1. The van der Waals surface area contributed by atoms with Gasteiger partial charge in [0, 0.05) is 36.8 Å². The van der Waals surface area contributed by atoms with Gasteiger partial charge < -0.3 is 10.0 Å². The second-order valence-corrected chi connectivity index (χ2v) is 5.54. The molecule has 1 unspecified atom stereocenters. The lowest BCUT2D eigenvalue weighted by Crippen LogP contribution is -2.31. The van der Waals surface area contributed by atoms with Crippen LogP contribution in [-0.4, -0.2) is 53.9 Å². The van der Waals surface area contributed by atoms with Crippen LogP contribution in [0.25, 0.3) is 0 Å². The van der Waals surface area contributed by atoms with Gasteiger partial charge in [-0.2, -0.15) is 0 Å². The zero-order valence-electron chi connectivity index (χ0n) is 11.9. The van der Waals surface area contributed by atoms with Crippen molar-refractivity contribution in [1.82, 2.24) is 9.80 Å². The summed E-state index contributed by atoms with van der Waals surface area (Å²) < 4.78 is 0. The molecule has 1 saturated heterocycles. The lowest BCUT2D eigenvalue weighted by molar-refractivity contribution is 0.101. The molecule has 1 atom stereocenters. The highest BCUT2D eigenvalue weighted by Gasteiger charge is 2.24. The summed E-state index contributed by atoms with van der Waals surface area (Å²) in [7, 11) is 4.20. The fraction of sp³-hybridized carbons (Fsp3) is 0.533. The van der Waals surface area contributed by atoms with Crippen molar-refractivity contribution < 1.29 is 9.90 Å². The van der Waals surface area contributed by atoms with Crippen LogP contribution >= 0.6 is 0 Å². The number of aromatic hydroxyl groups is 1. The van der Waals surface area contributed by atoms with Crippen LogP contribution in [0.2, 0.25) is 0 Å². The first kappa shape index (κ1) is 14.0. The number of nitrogens with zero attached hydrogens (tertiary/aromatic N) is 2. The maximum atomic E-state index is 11.4. The highest BCUT2D eigenvalue weighted by atomic mass is 16.3. The molecule has 1 aliphatic rings. The van der Waals surface area contributed by atoms with Crippen LogP contribution in [0.15, 0.2) is 18.2 Å². The summed E-state index contributed by atoms with van der Waals surface area (Å²) in [5.41, 5.74) is 1.50. The molecule has 1 aromatic carbocycles. The first-order chi connectivity index (χ1) is 8.97. The maximum absolute atomic E-state index is 11.4. The van der Waals surface area contributed by atoms with E-state index in [1.54, 1.807) is 25.1 Å². The number of carbonyl (C=O) groups is 1. The predicted octanol–water partition coefficient (Wildman–Crippen LogP) is 1.73. The van der Waals surface area contributed by atoms with Gasteiger partial charge in [-0.1, -0.05) is 0 Å². The Kier molecular flexibility index (Phi) is 4.22. The van der Waals surface area contributed by atoms with Crippen LogP contribution in [0.1, 0.15) is 29.3 Å². The smallest absolute Gasteiger partial charge is 0.159 e. The molecule has 0 bridgehead atoms. The van der Waals surface area contributed by atoms with Crippen LogP contribution in [-0.2, 0) is 6.54 Å². The third-order valence-corrected chi connectivity index (χ3v) is 3.86. The second kappa shape index (κ2) is 5.72. The normalized spacial score (nSPS) is 20.1. The highest BCUT2D eigenvalue weighted by Crippen LogP contribution is 2.23. The Balaban J connectivity index is 2.07. The Morgan fingerprint density at radius 3 is 2.79 bits per heavy atom. The van der Waals surface area contributed by atoms with Gasteiger partial charge in [0.1, 0.15) is 5.75 Å².